The summed E-state index contributed by atoms with van der Waals surface area (Å²) in [6, 6.07) is 1.99. The first-order valence-electron chi connectivity index (χ1n) is 5.31. The van der Waals surface area contributed by atoms with Crippen molar-refractivity contribution >= 4 is 22.9 Å². The largest absolute Gasteiger partial charge is 0.378 e. The summed E-state index contributed by atoms with van der Waals surface area (Å²) in [6.07, 6.45) is 0.960. The van der Waals surface area contributed by atoms with Gasteiger partial charge in [-0.1, -0.05) is 11.6 Å². The number of hydrogen-bond donors (Lipinski definition) is 1. The maximum absolute atomic E-state index is 5.86. The van der Waals surface area contributed by atoms with Crippen LogP contribution in [-0.4, -0.2) is 32.5 Å². The number of nitrogens with one attached hydrogen (secondary N) is 1. The van der Waals surface area contributed by atoms with Crippen LogP contribution in [0, 0.1) is 0 Å². The Labute approximate surface area is 105 Å². The molecule has 1 aliphatic rings. The molecule has 16 heavy (non-hydrogen) atoms. The van der Waals surface area contributed by atoms with Crippen LogP contribution < -0.4 is 5.32 Å². The molecule has 1 aliphatic heterocycles. The SMILES string of the molecule is COC1(CNCc2cc(Cl)cs2)CCOC1. The zero-order valence-electron chi connectivity index (χ0n) is 9.29. The van der Waals surface area contributed by atoms with Crippen LogP contribution in [0.25, 0.3) is 0 Å². The smallest absolute Gasteiger partial charge is 0.106 e. The van der Waals surface area contributed by atoms with E-state index in [0.717, 1.165) is 31.1 Å². The molecule has 0 radical (unpaired) electrons. The van der Waals surface area contributed by atoms with Gasteiger partial charge in [0.25, 0.3) is 0 Å². The van der Waals surface area contributed by atoms with Gasteiger partial charge in [0.1, 0.15) is 5.60 Å². The van der Waals surface area contributed by atoms with Gasteiger partial charge in [0.15, 0.2) is 0 Å². The Hall–Kier alpha value is -0.130. The van der Waals surface area contributed by atoms with E-state index in [2.05, 4.69) is 5.32 Å². The fraction of sp³-hybridized carbons (Fsp3) is 0.636. The van der Waals surface area contributed by atoms with Crippen molar-refractivity contribution in [2.45, 2.75) is 18.6 Å². The van der Waals surface area contributed by atoms with Gasteiger partial charge < -0.3 is 14.8 Å². The van der Waals surface area contributed by atoms with Gasteiger partial charge in [0, 0.05) is 43.5 Å². The highest BCUT2D eigenvalue weighted by atomic mass is 35.5. The molecule has 1 fully saturated rings. The topological polar surface area (TPSA) is 30.5 Å². The number of ether oxygens (including phenoxy) is 2. The Balaban J connectivity index is 1.78. The molecule has 0 aliphatic carbocycles. The van der Waals surface area contributed by atoms with Crippen molar-refractivity contribution < 1.29 is 9.47 Å². The molecule has 0 amide bonds. The Kier molecular flexibility index (Phi) is 4.21. The van der Waals surface area contributed by atoms with E-state index in [1.165, 1.54) is 4.88 Å². The molecule has 1 saturated heterocycles. The molecule has 1 aromatic heterocycles. The average Bonchev–Trinajstić information content (AvgIpc) is 2.89. The van der Waals surface area contributed by atoms with Crippen molar-refractivity contribution in [1.82, 2.24) is 5.32 Å². The van der Waals surface area contributed by atoms with Crippen LogP contribution >= 0.6 is 22.9 Å². The Morgan fingerprint density at radius 2 is 2.56 bits per heavy atom. The zero-order chi connectivity index (χ0) is 11.4. The second kappa shape index (κ2) is 5.47. The normalized spacial score (nSPS) is 25.1. The van der Waals surface area contributed by atoms with E-state index in [0.29, 0.717) is 6.61 Å². The minimum atomic E-state index is -0.138. The third-order valence-corrected chi connectivity index (χ3v) is 4.15. The lowest BCUT2D eigenvalue weighted by atomic mass is 10.0. The van der Waals surface area contributed by atoms with Crippen molar-refractivity contribution in [3.05, 3.63) is 21.3 Å². The van der Waals surface area contributed by atoms with E-state index in [-0.39, 0.29) is 5.60 Å². The summed E-state index contributed by atoms with van der Waals surface area (Å²) in [5.74, 6) is 0. The third kappa shape index (κ3) is 2.96. The van der Waals surface area contributed by atoms with Crippen LogP contribution in [0.4, 0.5) is 0 Å². The van der Waals surface area contributed by atoms with Crippen LogP contribution in [0.5, 0.6) is 0 Å². The lowest BCUT2D eigenvalue weighted by molar-refractivity contribution is -0.0158. The molecule has 2 heterocycles. The van der Waals surface area contributed by atoms with Crippen molar-refractivity contribution in [2.75, 3.05) is 26.9 Å². The van der Waals surface area contributed by atoms with Crippen LogP contribution in [0.2, 0.25) is 5.02 Å². The van der Waals surface area contributed by atoms with E-state index in [4.69, 9.17) is 21.1 Å². The van der Waals surface area contributed by atoms with Crippen LogP contribution in [0.1, 0.15) is 11.3 Å². The van der Waals surface area contributed by atoms with Crippen LogP contribution in [0.15, 0.2) is 11.4 Å². The lowest BCUT2D eigenvalue weighted by Gasteiger charge is -2.25. The monoisotopic (exact) mass is 261 g/mol. The summed E-state index contributed by atoms with van der Waals surface area (Å²) in [7, 11) is 1.75. The minimum absolute atomic E-state index is 0.138. The predicted octanol–water partition coefficient (Wildman–Crippen LogP) is 2.30. The molecule has 0 saturated carbocycles. The van der Waals surface area contributed by atoms with Gasteiger partial charge in [-0.2, -0.15) is 0 Å². The molecule has 0 bridgehead atoms. The van der Waals surface area contributed by atoms with Crippen molar-refractivity contribution in [1.29, 1.82) is 0 Å². The first-order chi connectivity index (χ1) is 7.74. The van der Waals surface area contributed by atoms with E-state index in [1.54, 1.807) is 18.4 Å². The number of thiophene rings is 1. The van der Waals surface area contributed by atoms with E-state index in [1.807, 2.05) is 11.4 Å². The molecular weight excluding hydrogens is 246 g/mol. The molecule has 2 rings (SSSR count). The Bertz CT molecular complexity index is 336. The van der Waals surface area contributed by atoms with E-state index in [9.17, 15) is 0 Å². The maximum atomic E-state index is 5.86. The molecule has 0 spiro atoms. The second-order valence-electron chi connectivity index (χ2n) is 4.02. The number of hydrogen-bond acceptors (Lipinski definition) is 4. The fourth-order valence-electron chi connectivity index (χ4n) is 1.82. The van der Waals surface area contributed by atoms with Crippen LogP contribution in [-0.2, 0) is 16.0 Å². The van der Waals surface area contributed by atoms with Crippen molar-refractivity contribution in [2.24, 2.45) is 0 Å². The summed E-state index contributed by atoms with van der Waals surface area (Å²) in [6.45, 7) is 3.13. The summed E-state index contributed by atoms with van der Waals surface area (Å²) in [4.78, 5) is 1.25. The second-order valence-corrected chi connectivity index (χ2v) is 5.46. The summed E-state index contributed by atoms with van der Waals surface area (Å²) in [5.41, 5.74) is -0.138. The van der Waals surface area contributed by atoms with Gasteiger partial charge in [0.2, 0.25) is 0 Å². The van der Waals surface area contributed by atoms with Gasteiger partial charge in [-0.3, -0.25) is 0 Å². The molecule has 0 aromatic carbocycles. The van der Waals surface area contributed by atoms with Gasteiger partial charge in [-0.15, -0.1) is 11.3 Å². The molecule has 1 unspecified atom stereocenters. The number of halogens is 1. The van der Waals surface area contributed by atoms with Crippen LogP contribution in [0.3, 0.4) is 0 Å². The lowest BCUT2D eigenvalue weighted by Crippen LogP contribution is -2.42. The first-order valence-corrected chi connectivity index (χ1v) is 6.56. The van der Waals surface area contributed by atoms with E-state index >= 15 is 0 Å². The standard InChI is InChI=1S/C11H16ClNO2S/c1-14-11(2-3-15-8-11)7-13-5-10-4-9(12)6-16-10/h4,6,13H,2-3,5,7-8H2,1H3. The molecule has 90 valence electrons. The number of methoxy groups -OCH3 is 1. The highest BCUT2D eigenvalue weighted by Gasteiger charge is 2.34. The van der Waals surface area contributed by atoms with Gasteiger partial charge >= 0.3 is 0 Å². The van der Waals surface area contributed by atoms with Gasteiger partial charge in [-0.25, -0.2) is 0 Å². The zero-order valence-corrected chi connectivity index (χ0v) is 10.9. The Morgan fingerprint density at radius 3 is 3.12 bits per heavy atom. The highest BCUT2D eigenvalue weighted by Crippen LogP contribution is 2.22. The summed E-state index contributed by atoms with van der Waals surface area (Å²) in [5, 5.41) is 6.16. The summed E-state index contributed by atoms with van der Waals surface area (Å²) < 4.78 is 10.9. The number of rotatable bonds is 5. The van der Waals surface area contributed by atoms with Gasteiger partial charge in [0.05, 0.1) is 11.6 Å². The molecule has 1 atom stereocenters. The third-order valence-electron chi connectivity index (χ3n) is 2.87. The molecule has 1 N–H and O–H groups in total. The van der Waals surface area contributed by atoms with Crippen molar-refractivity contribution in [3.8, 4) is 0 Å². The molecule has 3 nitrogen and oxygen atoms in total. The van der Waals surface area contributed by atoms with Gasteiger partial charge in [-0.05, 0) is 6.07 Å². The fourth-order valence-corrected chi connectivity index (χ4v) is 2.86. The average molecular weight is 262 g/mol. The van der Waals surface area contributed by atoms with E-state index < -0.39 is 0 Å². The molecule has 1 aromatic rings. The minimum Gasteiger partial charge on any atom is -0.378 e. The maximum Gasteiger partial charge on any atom is 0.106 e. The first kappa shape index (κ1) is 12.3. The Morgan fingerprint density at radius 1 is 1.69 bits per heavy atom. The summed E-state index contributed by atoms with van der Waals surface area (Å²) >= 11 is 7.53. The highest BCUT2D eigenvalue weighted by molar-refractivity contribution is 7.10. The predicted molar refractivity (Wildman–Crippen MR) is 66.2 cm³/mol. The molecular formula is C11H16ClNO2S. The molecule has 5 heteroatoms. The quantitative estimate of drug-likeness (QED) is 0.882. The van der Waals surface area contributed by atoms with Crippen molar-refractivity contribution in [3.63, 3.8) is 0 Å².